The molecule has 0 unspecified atom stereocenters. The summed E-state index contributed by atoms with van der Waals surface area (Å²) < 4.78 is 72.8. The molecule has 0 radical (unpaired) electrons. The van der Waals surface area contributed by atoms with Gasteiger partial charge in [-0.25, -0.2) is 13.1 Å². The van der Waals surface area contributed by atoms with Gasteiger partial charge in [0.2, 0.25) is 5.91 Å². The minimum absolute atomic E-state index is 0.0774. The second kappa shape index (κ2) is 10.9. The third-order valence-electron chi connectivity index (χ3n) is 7.15. The van der Waals surface area contributed by atoms with Crippen LogP contribution in [0.2, 0.25) is 0 Å². The van der Waals surface area contributed by atoms with E-state index in [1.807, 2.05) is 0 Å². The highest BCUT2D eigenvalue weighted by Gasteiger charge is 2.46. The Balaban J connectivity index is 1.44. The number of pyridine rings is 1. The van der Waals surface area contributed by atoms with E-state index in [1.165, 1.54) is 17.9 Å². The van der Waals surface area contributed by atoms with Crippen molar-refractivity contribution in [1.29, 1.82) is 0 Å². The maximum atomic E-state index is 13.6. The number of alkyl halides is 3. The largest absolute Gasteiger partial charge is 0.495 e. The summed E-state index contributed by atoms with van der Waals surface area (Å²) in [5.41, 5.74) is 1.88. The van der Waals surface area contributed by atoms with Crippen molar-refractivity contribution in [3.8, 4) is 11.5 Å². The van der Waals surface area contributed by atoms with Crippen molar-refractivity contribution >= 4 is 27.5 Å². The molecule has 1 aliphatic heterocycles. The fourth-order valence-corrected chi connectivity index (χ4v) is 5.92. The number of nitrogens with zero attached hydrogens (tertiary/aromatic N) is 3. The molecule has 0 saturated carbocycles. The molecule has 11 nitrogen and oxygen atoms in total. The number of nitrogens with one attached hydrogen (secondary N) is 2. The second-order valence-corrected chi connectivity index (χ2v) is 12.5. The van der Waals surface area contributed by atoms with E-state index in [2.05, 4.69) is 20.7 Å². The van der Waals surface area contributed by atoms with Crippen molar-refractivity contribution in [1.82, 2.24) is 20.1 Å². The van der Waals surface area contributed by atoms with Gasteiger partial charge in [0.15, 0.2) is 16.4 Å². The molecule has 1 aromatic carbocycles. The normalized spacial score (nSPS) is 17.9. The molecule has 42 heavy (non-hydrogen) atoms. The maximum absolute atomic E-state index is 13.6. The topological polar surface area (TPSA) is 142 Å². The monoisotopic (exact) mass is 607 g/mol. The van der Waals surface area contributed by atoms with Crippen LogP contribution >= 0.6 is 0 Å². The molecule has 0 fully saturated rings. The summed E-state index contributed by atoms with van der Waals surface area (Å²) in [7, 11) is -2.12. The number of amides is 2. The van der Waals surface area contributed by atoms with E-state index in [0.717, 1.165) is 17.4 Å². The lowest BCUT2D eigenvalue weighted by Crippen LogP contribution is -2.49. The number of hydrogen-bond donors (Lipinski definition) is 2. The highest BCUT2D eigenvalue weighted by atomic mass is 32.2. The van der Waals surface area contributed by atoms with E-state index >= 15 is 0 Å². The van der Waals surface area contributed by atoms with Gasteiger partial charge in [-0.15, -0.1) is 0 Å². The van der Waals surface area contributed by atoms with Crippen LogP contribution in [0.5, 0.6) is 11.5 Å². The van der Waals surface area contributed by atoms with Crippen LogP contribution in [0.4, 0.5) is 19.0 Å². The molecule has 1 aliphatic carbocycles. The Morgan fingerprint density at radius 1 is 1.21 bits per heavy atom. The number of methoxy groups -OCH3 is 1. The molecule has 2 N–H and O–H groups in total. The average Bonchev–Trinajstić information content (AvgIpc) is 3.42. The highest BCUT2D eigenvalue weighted by Crippen LogP contribution is 2.44. The Morgan fingerprint density at radius 2 is 1.98 bits per heavy atom. The molecule has 2 aromatic heterocycles. The zero-order valence-corrected chi connectivity index (χ0v) is 23.6. The number of anilines is 1. The minimum atomic E-state index is -4.47. The van der Waals surface area contributed by atoms with Crippen molar-refractivity contribution in [3.63, 3.8) is 0 Å². The van der Waals surface area contributed by atoms with E-state index in [9.17, 15) is 31.2 Å². The number of rotatable bonds is 9. The van der Waals surface area contributed by atoms with Gasteiger partial charge < -0.3 is 20.1 Å². The van der Waals surface area contributed by atoms with Gasteiger partial charge >= 0.3 is 6.18 Å². The summed E-state index contributed by atoms with van der Waals surface area (Å²) in [6, 6.07) is 8.17. The van der Waals surface area contributed by atoms with Crippen LogP contribution in [0.1, 0.15) is 39.3 Å². The summed E-state index contributed by atoms with van der Waals surface area (Å²) >= 11 is 0. The van der Waals surface area contributed by atoms with E-state index < -0.39 is 45.7 Å². The van der Waals surface area contributed by atoms with E-state index in [1.54, 1.807) is 30.5 Å². The zero-order valence-electron chi connectivity index (χ0n) is 22.7. The predicted molar refractivity (Wildman–Crippen MR) is 144 cm³/mol. The van der Waals surface area contributed by atoms with Gasteiger partial charge in [-0.1, -0.05) is 6.07 Å². The van der Waals surface area contributed by atoms with Crippen molar-refractivity contribution in [3.05, 3.63) is 64.6 Å². The second-order valence-electron chi connectivity index (χ2n) is 10.4. The smallest absolute Gasteiger partial charge is 0.422 e. The van der Waals surface area contributed by atoms with Gasteiger partial charge in [0, 0.05) is 31.3 Å². The molecule has 2 aliphatic rings. The molecule has 3 aromatic rings. The Labute approximate surface area is 239 Å². The van der Waals surface area contributed by atoms with Gasteiger partial charge in [-0.2, -0.15) is 18.3 Å². The number of sulfone groups is 1. The third kappa shape index (κ3) is 6.35. The number of hydrogen-bond acceptors (Lipinski definition) is 8. The first kappa shape index (κ1) is 29.4. The number of carbonyl (C=O) groups excluding carboxylic acids is 2. The summed E-state index contributed by atoms with van der Waals surface area (Å²) in [4.78, 5) is 30.5. The molecule has 1 spiro atoms. The van der Waals surface area contributed by atoms with Crippen LogP contribution in [0, 0.1) is 0 Å². The number of aromatic nitrogens is 3. The first-order valence-electron chi connectivity index (χ1n) is 13.0. The minimum Gasteiger partial charge on any atom is -0.495 e. The SMILES string of the molecule is COc1ccc(CCn2nc3c(c2NC(=O)CS(C)(=O)=O)C(=O)N[C@@]2(CCc4cc(OCC(F)(F)F)ccc42)C3)nc1. The molecule has 0 saturated heterocycles. The van der Waals surface area contributed by atoms with Crippen LogP contribution in [-0.2, 0) is 46.0 Å². The molecule has 224 valence electrons. The lowest BCUT2D eigenvalue weighted by molar-refractivity contribution is -0.153. The number of benzene rings is 1. The van der Waals surface area contributed by atoms with E-state index in [0.29, 0.717) is 36.4 Å². The zero-order chi connectivity index (χ0) is 30.3. The molecule has 5 rings (SSSR count). The summed E-state index contributed by atoms with van der Waals surface area (Å²) in [5, 5.41) is 10.3. The van der Waals surface area contributed by atoms with Crippen molar-refractivity contribution in [2.45, 2.75) is 43.9 Å². The molecular weight excluding hydrogens is 579 g/mol. The molecular formula is C27H28F3N5O6S. The fourth-order valence-electron chi connectivity index (χ4n) is 5.37. The highest BCUT2D eigenvalue weighted by molar-refractivity contribution is 7.91. The van der Waals surface area contributed by atoms with Crippen molar-refractivity contribution in [2.75, 3.05) is 31.0 Å². The number of carbonyl (C=O) groups is 2. The van der Waals surface area contributed by atoms with Gasteiger partial charge in [0.05, 0.1) is 24.5 Å². The Hall–Kier alpha value is -4.14. The summed E-state index contributed by atoms with van der Waals surface area (Å²) in [5.74, 6) is -1.35. The Bertz CT molecular complexity index is 1640. The molecule has 0 bridgehead atoms. The van der Waals surface area contributed by atoms with Crippen LogP contribution in [0.3, 0.4) is 0 Å². The van der Waals surface area contributed by atoms with Gasteiger partial charge in [0.1, 0.15) is 28.6 Å². The quantitative estimate of drug-likeness (QED) is 0.378. The van der Waals surface area contributed by atoms with Crippen molar-refractivity contribution < 1.29 is 40.7 Å². The molecule has 15 heteroatoms. The van der Waals surface area contributed by atoms with Gasteiger partial charge in [-0.3, -0.25) is 14.6 Å². The third-order valence-corrected chi connectivity index (χ3v) is 7.94. The molecule has 1 atom stereocenters. The Morgan fingerprint density at radius 3 is 2.64 bits per heavy atom. The summed E-state index contributed by atoms with van der Waals surface area (Å²) in [6.07, 6.45) is -0.355. The number of aryl methyl sites for hydroxylation is 3. The Kier molecular flexibility index (Phi) is 7.64. The lowest BCUT2D eigenvalue weighted by Gasteiger charge is -2.35. The standard InChI is InChI=1S/C27H28F3N5O6S/c1-40-19-4-3-17(31-13-19)8-10-35-24(32-22(36)14-42(2,38)39)23-21(34-35)12-26(33-25(23)37)9-7-16-11-18(5-6-20(16)26)41-15-27(28,29)30/h3-6,11,13H,7-10,12,14-15H2,1-2H3,(H,32,36)(H,33,37)/t26-/m0/s1. The molecule has 3 heterocycles. The number of ether oxygens (including phenoxy) is 2. The molecule has 2 amide bonds. The first-order valence-corrected chi connectivity index (χ1v) is 15.0. The van der Waals surface area contributed by atoms with E-state index in [4.69, 9.17) is 9.47 Å². The average molecular weight is 608 g/mol. The number of halogens is 3. The van der Waals surface area contributed by atoms with Gasteiger partial charge in [-0.05, 0) is 48.2 Å². The summed E-state index contributed by atoms with van der Waals surface area (Å²) in [6.45, 7) is -1.19. The van der Waals surface area contributed by atoms with E-state index in [-0.39, 0.29) is 30.1 Å². The van der Waals surface area contributed by atoms with Crippen LogP contribution in [0.25, 0.3) is 0 Å². The number of fused-ring (bicyclic) bond motifs is 3. The predicted octanol–water partition coefficient (Wildman–Crippen LogP) is 2.58. The van der Waals surface area contributed by atoms with Crippen molar-refractivity contribution in [2.24, 2.45) is 0 Å². The lowest BCUT2D eigenvalue weighted by atomic mass is 9.82. The van der Waals surface area contributed by atoms with Crippen LogP contribution in [0.15, 0.2) is 36.5 Å². The maximum Gasteiger partial charge on any atom is 0.422 e. The fraction of sp³-hybridized carbons (Fsp3) is 0.407. The first-order chi connectivity index (χ1) is 19.7. The van der Waals surface area contributed by atoms with Gasteiger partial charge in [0.25, 0.3) is 5.91 Å². The van der Waals surface area contributed by atoms with Crippen LogP contribution in [-0.4, -0.2) is 66.9 Å². The van der Waals surface area contributed by atoms with Crippen LogP contribution < -0.4 is 20.1 Å².